The number of hydrogen-bond acceptors (Lipinski definition) is 7. The van der Waals surface area contributed by atoms with Crippen molar-refractivity contribution in [2.24, 2.45) is 0 Å². The van der Waals surface area contributed by atoms with Crippen LogP contribution in [0.1, 0.15) is 32.5 Å². The van der Waals surface area contributed by atoms with Crippen molar-refractivity contribution in [3.63, 3.8) is 0 Å². The Kier molecular flexibility index (Phi) is 5.17. The topological polar surface area (TPSA) is 109 Å². The number of amides is 4. The standard InChI is InChI=1S/C24H20N4O5S/c1-12(28-22(31)15-6-4-5-7-16(15)23(28)32)21(30)26-24-25-20(13(2)34-24)14-8-9-18-17(10-14)27(3)19(29)11-33-18/h4-10,12H,11H2,1-3H3,(H,25,26,30)/t12-/m1/s1. The molecular formula is C24H20N4O5S. The summed E-state index contributed by atoms with van der Waals surface area (Å²) in [6.45, 7) is 3.38. The molecule has 34 heavy (non-hydrogen) atoms. The third-order valence-corrected chi connectivity index (χ3v) is 6.82. The maximum atomic E-state index is 12.9. The number of nitrogens with one attached hydrogen (secondary N) is 1. The summed E-state index contributed by atoms with van der Waals surface area (Å²) in [6, 6.07) is 10.9. The van der Waals surface area contributed by atoms with Crippen LogP contribution < -0.4 is 15.0 Å². The van der Waals surface area contributed by atoms with Gasteiger partial charge in [-0.2, -0.15) is 0 Å². The molecule has 2 aliphatic heterocycles. The predicted octanol–water partition coefficient (Wildman–Crippen LogP) is 3.10. The molecule has 0 bridgehead atoms. The van der Waals surface area contributed by atoms with Crippen LogP contribution in [0.15, 0.2) is 42.5 Å². The molecule has 0 unspecified atom stereocenters. The van der Waals surface area contributed by atoms with Crippen molar-refractivity contribution >= 4 is 45.8 Å². The zero-order valence-electron chi connectivity index (χ0n) is 18.6. The maximum absolute atomic E-state index is 12.9. The van der Waals surface area contributed by atoms with Gasteiger partial charge in [0.1, 0.15) is 11.8 Å². The molecule has 2 aliphatic rings. The Hall–Kier alpha value is -4.05. The first-order valence-electron chi connectivity index (χ1n) is 10.5. The lowest BCUT2D eigenvalue weighted by atomic mass is 10.1. The molecule has 1 N–H and O–H groups in total. The first-order chi connectivity index (χ1) is 16.3. The fourth-order valence-corrected chi connectivity index (χ4v) is 4.86. The maximum Gasteiger partial charge on any atom is 0.264 e. The zero-order chi connectivity index (χ0) is 24.1. The molecule has 1 atom stereocenters. The number of hydrogen-bond donors (Lipinski definition) is 1. The Bertz CT molecular complexity index is 1350. The average Bonchev–Trinajstić information content (AvgIpc) is 3.32. The number of rotatable bonds is 4. The second-order valence-corrected chi connectivity index (χ2v) is 9.24. The summed E-state index contributed by atoms with van der Waals surface area (Å²) in [4.78, 5) is 58.2. The summed E-state index contributed by atoms with van der Waals surface area (Å²) in [6.07, 6.45) is 0. The quantitative estimate of drug-likeness (QED) is 0.580. The number of likely N-dealkylation sites (N-methyl/N-ethyl adjacent to an activating group) is 1. The van der Waals surface area contributed by atoms with Crippen LogP contribution in [0.2, 0.25) is 0 Å². The second-order valence-electron chi connectivity index (χ2n) is 8.04. The Labute approximate surface area is 199 Å². The summed E-state index contributed by atoms with van der Waals surface area (Å²) in [7, 11) is 1.69. The zero-order valence-corrected chi connectivity index (χ0v) is 19.4. The Morgan fingerprint density at radius 1 is 1.12 bits per heavy atom. The van der Waals surface area contributed by atoms with E-state index in [0.717, 1.165) is 15.3 Å². The molecule has 1 aromatic heterocycles. The molecule has 0 saturated heterocycles. The van der Waals surface area contributed by atoms with Gasteiger partial charge < -0.3 is 15.0 Å². The van der Waals surface area contributed by atoms with E-state index in [4.69, 9.17) is 4.74 Å². The van der Waals surface area contributed by atoms with Crippen molar-refractivity contribution in [3.05, 3.63) is 58.5 Å². The Morgan fingerprint density at radius 3 is 2.47 bits per heavy atom. The molecular weight excluding hydrogens is 456 g/mol. The fourth-order valence-electron chi connectivity index (χ4n) is 4.02. The SMILES string of the molecule is Cc1sc(NC(=O)[C@@H](C)N2C(=O)c3ccccc3C2=O)nc1-c1ccc2c(c1)N(C)C(=O)CO2. The second kappa shape index (κ2) is 8.07. The van der Waals surface area contributed by atoms with Gasteiger partial charge in [-0.3, -0.25) is 24.1 Å². The number of benzene rings is 2. The van der Waals surface area contributed by atoms with Crippen molar-refractivity contribution in [1.29, 1.82) is 0 Å². The Morgan fingerprint density at radius 2 is 1.79 bits per heavy atom. The molecule has 0 aliphatic carbocycles. The Balaban J connectivity index is 1.36. The van der Waals surface area contributed by atoms with E-state index in [1.54, 1.807) is 37.4 Å². The number of thiazole rings is 1. The molecule has 5 rings (SSSR count). The molecule has 3 heterocycles. The van der Waals surface area contributed by atoms with E-state index in [0.29, 0.717) is 33.4 Å². The van der Waals surface area contributed by atoms with Gasteiger partial charge in [0.05, 0.1) is 22.5 Å². The number of carbonyl (C=O) groups is 4. The third-order valence-electron chi connectivity index (χ3n) is 5.94. The van der Waals surface area contributed by atoms with Gasteiger partial charge in [-0.25, -0.2) is 4.98 Å². The largest absolute Gasteiger partial charge is 0.482 e. The highest BCUT2D eigenvalue weighted by Crippen LogP contribution is 2.38. The minimum atomic E-state index is -1.01. The van der Waals surface area contributed by atoms with Crippen LogP contribution in [0.5, 0.6) is 5.75 Å². The van der Waals surface area contributed by atoms with Crippen LogP contribution in [0.25, 0.3) is 11.3 Å². The summed E-state index contributed by atoms with van der Waals surface area (Å²) >= 11 is 1.28. The highest BCUT2D eigenvalue weighted by Gasteiger charge is 2.40. The van der Waals surface area contributed by atoms with E-state index < -0.39 is 23.8 Å². The van der Waals surface area contributed by atoms with Crippen LogP contribution in [0.3, 0.4) is 0 Å². The van der Waals surface area contributed by atoms with Crippen molar-refractivity contribution in [1.82, 2.24) is 9.88 Å². The molecule has 10 heteroatoms. The van der Waals surface area contributed by atoms with E-state index in [-0.39, 0.29) is 12.5 Å². The lowest BCUT2D eigenvalue weighted by molar-refractivity contribution is -0.121. The average molecular weight is 477 g/mol. The van der Waals surface area contributed by atoms with Crippen molar-refractivity contribution in [3.8, 4) is 17.0 Å². The summed E-state index contributed by atoms with van der Waals surface area (Å²) in [5.74, 6) is -1.03. The molecule has 172 valence electrons. The van der Waals surface area contributed by atoms with E-state index >= 15 is 0 Å². The van der Waals surface area contributed by atoms with Gasteiger partial charge in [0.25, 0.3) is 17.7 Å². The van der Waals surface area contributed by atoms with Gasteiger partial charge in [0, 0.05) is 17.5 Å². The number of imide groups is 1. The third kappa shape index (κ3) is 3.43. The van der Waals surface area contributed by atoms with Gasteiger partial charge in [0.2, 0.25) is 5.91 Å². The number of anilines is 2. The van der Waals surface area contributed by atoms with E-state index in [2.05, 4.69) is 10.3 Å². The van der Waals surface area contributed by atoms with Crippen molar-refractivity contribution in [2.45, 2.75) is 19.9 Å². The number of fused-ring (bicyclic) bond motifs is 2. The van der Waals surface area contributed by atoms with Crippen molar-refractivity contribution in [2.75, 3.05) is 23.9 Å². The monoisotopic (exact) mass is 476 g/mol. The minimum Gasteiger partial charge on any atom is -0.482 e. The minimum absolute atomic E-state index is 0.0000440. The van der Waals surface area contributed by atoms with Crippen LogP contribution in [-0.2, 0) is 9.59 Å². The highest BCUT2D eigenvalue weighted by molar-refractivity contribution is 7.16. The number of ether oxygens (including phenoxy) is 1. The van der Waals surface area contributed by atoms with Crippen LogP contribution in [0, 0.1) is 6.92 Å². The van der Waals surface area contributed by atoms with Gasteiger partial charge in [-0.15, -0.1) is 11.3 Å². The summed E-state index contributed by atoms with van der Waals surface area (Å²) < 4.78 is 5.48. The predicted molar refractivity (Wildman–Crippen MR) is 126 cm³/mol. The molecule has 0 saturated carbocycles. The molecule has 0 fully saturated rings. The smallest absolute Gasteiger partial charge is 0.264 e. The molecule has 9 nitrogen and oxygen atoms in total. The van der Waals surface area contributed by atoms with E-state index in [9.17, 15) is 19.2 Å². The lowest BCUT2D eigenvalue weighted by Crippen LogP contribution is -2.45. The van der Waals surface area contributed by atoms with Crippen LogP contribution in [0.4, 0.5) is 10.8 Å². The first kappa shape index (κ1) is 21.8. The van der Waals surface area contributed by atoms with Crippen LogP contribution >= 0.6 is 11.3 Å². The van der Waals surface area contributed by atoms with Gasteiger partial charge >= 0.3 is 0 Å². The highest BCUT2D eigenvalue weighted by atomic mass is 32.1. The number of carbonyl (C=O) groups excluding carboxylic acids is 4. The van der Waals surface area contributed by atoms with Gasteiger partial charge in [-0.1, -0.05) is 12.1 Å². The van der Waals surface area contributed by atoms with E-state index in [1.165, 1.54) is 23.2 Å². The van der Waals surface area contributed by atoms with E-state index in [1.807, 2.05) is 19.1 Å². The molecule has 0 radical (unpaired) electrons. The van der Waals surface area contributed by atoms with Crippen LogP contribution in [-0.4, -0.2) is 53.2 Å². The normalized spacial score (nSPS) is 15.7. The summed E-state index contributed by atoms with van der Waals surface area (Å²) in [5, 5.41) is 3.08. The first-order valence-corrected chi connectivity index (χ1v) is 11.4. The molecule has 2 aromatic carbocycles. The lowest BCUT2D eigenvalue weighted by Gasteiger charge is -2.26. The fraction of sp³-hybridized carbons (Fsp3) is 0.208. The summed E-state index contributed by atoms with van der Waals surface area (Å²) in [5.41, 5.74) is 2.65. The van der Waals surface area contributed by atoms with Gasteiger partial charge in [-0.05, 0) is 44.2 Å². The number of aromatic nitrogens is 1. The molecule has 3 aromatic rings. The number of aryl methyl sites for hydroxylation is 1. The molecule has 4 amide bonds. The van der Waals surface area contributed by atoms with Gasteiger partial charge in [0.15, 0.2) is 11.7 Å². The number of nitrogens with zero attached hydrogens (tertiary/aromatic N) is 3. The van der Waals surface area contributed by atoms with Crippen molar-refractivity contribution < 1.29 is 23.9 Å². The molecule has 0 spiro atoms.